The van der Waals surface area contributed by atoms with E-state index in [2.05, 4.69) is 20.3 Å². The number of nitrogens with one attached hydrogen (secondary N) is 2. The average Bonchev–Trinajstić information content (AvgIpc) is 2.69. The van der Waals surface area contributed by atoms with E-state index < -0.39 is 6.61 Å². The molecule has 1 fully saturated rings. The molecule has 0 atom stereocenters. The molecule has 1 aliphatic heterocycles. The molecule has 1 amide bonds. The van der Waals surface area contributed by atoms with E-state index in [1.165, 1.54) is 12.1 Å². The molecule has 0 bridgehead atoms. The van der Waals surface area contributed by atoms with Gasteiger partial charge in [0, 0.05) is 18.8 Å². The number of amides is 1. The maximum atomic E-state index is 12.0. The fraction of sp³-hybridized carbons (Fsp3) is 0.500. The van der Waals surface area contributed by atoms with Crippen molar-refractivity contribution < 1.29 is 18.3 Å². The summed E-state index contributed by atoms with van der Waals surface area (Å²) in [6, 6.07) is 5.88. The maximum absolute atomic E-state index is 12.0. The summed E-state index contributed by atoms with van der Waals surface area (Å²) in [7, 11) is 0. The lowest BCUT2D eigenvalue weighted by atomic mass is 10.3. The zero-order valence-electron chi connectivity index (χ0n) is 11.6. The van der Waals surface area contributed by atoms with Gasteiger partial charge in [-0.1, -0.05) is 0 Å². The molecule has 2 N–H and O–H groups in total. The number of alkyl halides is 2. The van der Waals surface area contributed by atoms with Crippen molar-refractivity contribution in [3.05, 3.63) is 24.3 Å². The first-order chi connectivity index (χ1) is 10.1. The molecule has 5 nitrogen and oxygen atoms in total. The van der Waals surface area contributed by atoms with Crippen LogP contribution in [-0.2, 0) is 4.79 Å². The molecule has 0 unspecified atom stereocenters. The van der Waals surface area contributed by atoms with Crippen LogP contribution in [0.15, 0.2) is 24.3 Å². The Balaban J connectivity index is 1.81. The van der Waals surface area contributed by atoms with E-state index in [4.69, 9.17) is 0 Å². The van der Waals surface area contributed by atoms with Gasteiger partial charge in [-0.2, -0.15) is 8.78 Å². The highest BCUT2D eigenvalue weighted by Gasteiger charge is 2.13. The van der Waals surface area contributed by atoms with Crippen LogP contribution >= 0.6 is 0 Å². The molecular formula is C14H19F2N3O2. The van der Waals surface area contributed by atoms with Crippen molar-refractivity contribution in [3.8, 4) is 5.75 Å². The second-order valence-electron chi connectivity index (χ2n) is 4.83. The molecule has 2 rings (SSSR count). The third-order valence-corrected chi connectivity index (χ3v) is 3.16. The normalized spacial score (nSPS) is 16.5. The Morgan fingerprint density at radius 3 is 2.76 bits per heavy atom. The Hall–Kier alpha value is -1.73. The molecule has 0 aromatic heterocycles. The molecule has 116 valence electrons. The minimum absolute atomic E-state index is 0.0709. The smallest absolute Gasteiger partial charge is 0.387 e. The minimum atomic E-state index is -2.85. The first-order valence-corrected chi connectivity index (χ1v) is 6.91. The number of anilines is 1. The number of hydrogen-bond acceptors (Lipinski definition) is 4. The summed E-state index contributed by atoms with van der Waals surface area (Å²) in [5, 5.41) is 6.02. The lowest BCUT2D eigenvalue weighted by molar-refractivity contribution is -0.117. The molecule has 1 heterocycles. The van der Waals surface area contributed by atoms with Gasteiger partial charge < -0.3 is 15.4 Å². The predicted octanol–water partition coefficient (Wildman–Crippen LogP) is 1.52. The summed E-state index contributed by atoms with van der Waals surface area (Å²) in [6.45, 7) is 1.08. The molecule has 1 aromatic rings. The quantitative estimate of drug-likeness (QED) is 0.865. The summed E-state index contributed by atoms with van der Waals surface area (Å²) in [5.41, 5.74) is 0.564. The van der Waals surface area contributed by atoms with Crippen molar-refractivity contribution in [1.82, 2.24) is 10.2 Å². The second kappa shape index (κ2) is 7.90. The largest absolute Gasteiger partial charge is 0.435 e. The molecule has 1 aliphatic rings. The highest BCUT2D eigenvalue weighted by Crippen LogP contribution is 2.17. The maximum Gasteiger partial charge on any atom is 0.387 e. The molecule has 0 saturated carbocycles. The number of carbonyl (C=O) groups is 1. The van der Waals surface area contributed by atoms with Gasteiger partial charge in [0.15, 0.2) is 0 Å². The van der Waals surface area contributed by atoms with Gasteiger partial charge in [0.1, 0.15) is 5.75 Å². The number of benzene rings is 1. The molecule has 1 saturated heterocycles. The van der Waals surface area contributed by atoms with Gasteiger partial charge in [-0.25, -0.2) is 0 Å². The Labute approximate surface area is 122 Å². The molecule has 21 heavy (non-hydrogen) atoms. The van der Waals surface area contributed by atoms with Crippen LogP contribution in [0.4, 0.5) is 14.5 Å². The van der Waals surface area contributed by atoms with E-state index >= 15 is 0 Å². The van der Waals surface area contributed by atoms with Crippen molar-refractivity contribution in [2.24, 2.45) is 0 Å². The number of halogens is 2. The Morgan fingerprint density at radius 1 is 1.29 bits per heavy atom. The van der Waals surface area contributed by atoms with E-state index in [0.29, 0.717) is 12.2 Å². The lowest BCUT2D eigenvalue weighted by Crippen LogP contribution is -2.35. The molecule has 0 spiro atoms. The van der Waals surface area contributed by atoms with Crippen LogP contribution in [0.1, 0.15) is 6.42 Å². The molecular weight excluding hydrogens is 280 g/mol. The zero-order chi connectivity index (χ0) is 15.1. The number of rotatable bonds is 5. The van der Waals surface area contributed by atoms with Crippen LogP contribution in [0, 0.1) is 0 Å². The third-order valence-electron chi connectivity index (χ3n) is 3.16. The minimum Gasteiger partial charge on any atom is -0.435 e. The fourth-order valence-corrected chi connectivity index (χ4v) is 2.18. The van der Waals surface area contributed by atoms with E-state index in [1.54, 1.807) is 12.1 Å². The van der Waals surface area contributed by atoms with Gasteiger partial charge in [0.05, 0.1) is 6.54 Å². The highest BCUT2D eigenvalue weighted by atomic mass is 19.3. The summed E-state index contributed by atoms with van der Waals surface area (Å²) in [5.74, 6) is -0.0407. The van der Waals surface area contributed by atoms with Crippen LogP contribution in [0.3, 0.4) is 0 Å². The molecule has 7 heteroatoms. The Kier molecular flexibility index (Phi) is 5.89. The van der Waals surface area contributed by atoms with E-state index in [9.17, 15) is 13.6 Å². The first kappa shape index (κ1) is 15.7. The van der Waals surface area contributed by atoms with Crippen LogP contribution < -0.4 is 15.4 Å². The summed E-state index contributed by atoms with van der Waals surface area (Å²) in [4.78, 5) is 14.0. The van der Waals surface area contributed by atoms with Gasteiger partial charge in [-0.15, -0.1) is 0 Å². The van der Waals surface area contributed by atoms with Crippen LogP contribution in [0.2, 0.25) is 0 Å². The standard InChI is InChI=1S/C14H19F2N3O2/c15-14(16)21-12-4-2-11(3-5-12)18-13(20)10-19-8-1-6-17-7-9-19/h2-5,14,17H,1,6-10H2,(H,18,20). The number of carbonyl (C=O) groups excluding carboxylic acids is 1. The van der Waals surface area contributed by atoms with Crippen LogP contribution in [0.25, 0.3) is 0 Å². The van der Waals surface area contributed by atoms with Crippen LogP contribution in [-0.4, -0.2) is 50.1 Å². The van der Waals surface area contributed by atoms with Crippen molar-refractivity contribution in [2.45, 2.75) is 13.0 Å². The Bertz CT molecular complexity index is 446. The first-order valence-electron chi connectivity index (χ1n) is 6.91. The number of ether oxygens (including phenoxy) is 1. The van der Waals surface area contributed by atoms with Gasteiger partial charge in [0.2, 0.25) is 5.91 Å². The zero-order valence-corrected chi connectivity index (χ0v) is 11.6. The fourth-order valence-electron chi connectivity index (χ4n) is 2.18. The summed E-state index contributed by atoms with van der Waals surface area (Å²) < 4.78 is 28.3. The van der Waals surface area contributed by atoms with E-state index in [0.717, 1.165) is 32.6 Å². The molecule has 0 radical (unpaired) electrons. The molecule has 1 aromatic carbocycles. The third kappa shape index (κ3) is 5.65. The lowest BCUT2D eigenvalue weighted by Gasteiger charge is -2.18. The van der Waals surface area contributed by atoms with Gasteiger partial charge in [-0.05, 0) is 43.8 Å². The molecule has 0 aliphatic carbocycles. The monoisotopic (exact) mass is 299 g/mol. The van der Waals surface area contributed by atoms with Crippen molar-refractivity contribution in [3.63, 3.8) is 0 Å². The highest BCUT2D eigenvalue weighted by molar-refractivity contribution is 5.92. The van der Waals surface area contributed by atoms with Crippen molar-refractivity contribution in [2.75, 3.05) is 38.0 Å². The van der Waals surface area contributed by atoms with Gasteiger partial charge >= 0.3 is 6.61 Å². The summed E-state index contributed by atoms with van der Waals surface area (Å²) in [6.07, 6.45) is 1.02. The van der Waals surface area contributed by atoms with Gasteiger partial charge in [-0.3, -0.25) is 9.69 Å². The predicted molar refractivity (Wildman–Crippen MR) is 75.6 cm³/mol. The van der Waals surface area contributed by atoms with Crippen molar-refractivity contribution >= 4 is 11.6 Å². The van der Waals surface area contributed by atoms with E-state index in [1.807, 2.05) is 0 Å². The topological polar surface area (TPSA) is 53.6 Å². The number of nitrogens with zero attached hydrogens (tertiary/aromatic N) is 1. The Morgan fingerprint density at radius 2 is 2.05 bits per heavy atom. The van der Waals surface area contributed by atoms with Gasteiger partial charge in [0.25, 0.3) is 0 Å². The van der Waals surface area contributed by atoms with Crippen LogP contribution in [0.5, 0.6) is 5.75 Å². The average molecular weight is 299 g/mol. The number of hydrogen-bond donors (Lipinski definition) is 2. The van der Waals surface area contributed by atoms with E-state index in [-0.39, 0.29) is 11.7 Å². The SMILES string of the molecule is O=C(CN1CCCNCC1)Nc1ccc(OC(F)F)cc1. The second-order valence-corrected chi connectivity index (χ2v) is 4.83. The summed E-state index contributed by atoms with van der Waals surface area (Å²) >= 11 is 0. The van der Waals surface area contributed by atoms with Crippen molar-refractivity contribution in [1.29, 1.82) is 0 Å².